The molecule has 0 aliphatic carbocycles. The molecule has 0 N–H and O–H groups in total. The molecule has 0 atom stereocenters. The number of rotatable bonds is 3. The number of ketones is 1. The van der Waals surface area contributed by atoms with E-state index in [0.717, 1.165) is 5.39 Å². The van der Waals surface area contributed by atoms with Crippen molar-refractivity contribution in [1.82, 2.24) is 4.40 Å². The molecule has 0 unspecified atom stereocenters. The molecular formula is C18H15NO4. The summed E-state index contributed by atoms with van der Waals surface area (Å²) in [5.41, 5.74) is 0.550. The van der Waals surface area contributed by atoms with Gasteiger partial charge in [-0.1, -0.05) is 24.3 Å². The summed E-state index contributed by atoms with van der Waals surface area (Å²) in [5.74, 6) is -0.805. The largest absolute Gasteiger partial charge is 0.462 e. The lowest BCUT2D eigenvalue weighted by Gasteiger charge is -2.11. The summed E-state index contributed by atoms with van der Waals surface area (Å²) in [6.07, 6.45) is 1.47. The quantitative estimate of drug-likeness (QED) is 0.424. The van der Waals surface area contributed by atoms with Crippen LogP contribution in [0.4, 0.5) is 0 Å². The summed E-state index contributed by atoms with van der Waals surface area (Å²) in [4.78, 5) is 36.6. The van der Waals surface area contributed by atoms with Gasteiger partial charge < -0.3 is 4.74 Å². The molecule has 0 spiro atoms. The van der Waals surface area contributed by atoms with Gasteiger partial charge in [-0.15, -0.1) is 0 Å². The number of ether oxygens (including phenoxy) is 1. The predicted molar refractivity (Wildman–Crippen MR) is 87.1 cm³/mol. The number of pyridine rings is 2. The molecule has 3 aromatic rings. The first-order valence-electron chi connectivity index (χ1n) is 7.29. The monoisotopic (exact) mass is 309 g/mol. The molecule has 2 heterocycles. The first-order chi connectivity index (χ1) is 11.0. The Hall–Kier alpha value is -2.95. The Kier molecular flexibility index (Phi) is 3.70. The van der Waals surface area contributed by atoms with E-state index in [9.17, 15) is 14.4 Å². The van der Waals surface area contributed by atoms with Crippen LogP contribution in [0.2, 0.25) is 0 Å². The van der Waals surface area contributed by atoms with Crippen LogP contribution >= 0.6 is 0 Å². The molecule has 0 saturated carbocycles. The van der Waals surface area contributed by atoms with Crippen molar-refractivity contribution in [1.29, 1.82) is 0 Å². The smallest absolute Gasteiger partial charge is 0.344 e. The molecule has 0 bridgehead atoms. The SMILES string of the molecule is CCOC(=O)c1c(=O)n2cc(C(C)=O)ccc2c2ccccc12. The van der Waals surface area contributed by atoms with E-state index in [4.69, 9.17) is 4.74 Å². The number of hydrogen-bond donors (Lipinski definition) is 0. The summed E-state index contributed by atoms with van der Waals surface area (Å²) >= 11 is 0. The molecule has 5 nitrogen and oxygen atoms in total. The topological polar surface area (TPSA) is 64.8 Å². The van der Waals surface area contributed by atoms with Crippen molar-refractivity contribution in [2.75, 3.05) is 6.61 Å². The van der Waals surface area contributed by atoms with Gasteiger partial charge in [0.2, 0.25) is 0 Å². The lowest BCUT2D eigenvalue weighted by atomic mass is 10.0. The minimum atomic E-state index is -0.656. The average Bonchev–Trinajstić information content (AvgIpc) is 2.55. The van der Waals surface area contributed by atoms with Crippen LogP contribution in [0.15, 0.2) is 47.4 Å². The summed E-state index contributed by atoms with van der Waals surface area (Å²) in [7, 11) is 0. The molecule has 23 heavy (non-hydrogen) atoms. The van der Waals surface area contributed by atoms with E-state index in [0.29, 0.717) is 16.5 Å². The molecule has 0 fully saturated rings. The number of carbonyl (C=O) groups excluding carboxylic acids is 2. The summed E-state index contributed by atoms with van der Waals surface area (Å²) in [5, 5.41) is 1.30. The van der Waals surface area contributed by atoms with Crippen molar-refractivity contribution in [2.24, 2.45) is 0 Å². The number of aromatic nitrogens is 1. The van der Waals surface area contributed by atoms with Crippen LogP contribution in [-0.2, 0) is 4.74 Å². The fraction of sp³-hybridized carbons (Fsp3) is 0.167. The molecule has 0 saturated heterocycles. The fourth-order valence-corrected chi connectivity index (χ4v) is 2.66. The third-order valence-electron chi connectivity index (χ3n) is 3.74. The number of fused-ring (bicyclic) bond motifs is 3. The van der Waals surface area contributed by atoms with Gasteiger partial charge in [0.15, 0.2) is 5.78 Å². The molecule has 1 aromatic carbocycles. The second kappa shape index (κ2) is 5.68. The van der Waals surface area contributed by atoms with Gasteiger partial charge in [-0.05, 0) is 26.0 Å². The molecular weight excluding hydrogens is 294 g/mol. The zero-order valence-electron chi connectivity index (χ0n) is 12.8. The minimum absolute atomic E-state index is 0.0133. The number of benzene rings is 1. The molecule has 0 amide bonds. The first kappa shape index (κ1) is 15.0. The third kappa shape index (κ3) is 2.40. The van der Waals surface area contributed by atoms with Gasteiger partial charge in [0.05, 0.1) is 12.1 Å². The Bertz CT molecular complexity index is 1000. The van der Waals surface area contributed by atoms with Gasteiger partial charge in [-0.2, -0.15) is 0 Å². The third-order valence-corrected chi connectivity index (χ3v) is 3.74. The van der Waals surface area contributed by atoms with Crippen LogP contribution in [0.3, 0.4) is 0 Å². The van der Waals surface area contributed by atoms with Crippen LogP contribution in [-0.4, -0.2) is 22.8 Å². The number of carbonyl (C=O) groups is 2. The number of hydrogen-bond acceptors (Lipinski definition) is 4. The highest BCUT2D eigenvalue weighted by Gasteiger charge is 2.19. The molecule has 0 radical (unpaired) electrons. The second-order valence-corrected chi connectivity index (χ2v) is 5.18. The van der Waals surface area contributed by atoms with Crippen LogP contribution in [0, 0.1) is 0 Å². The van der Waals surface area contributed by atoms with Crippen molar-refractivity contribution in [3.05, 3.63) is 64.1 Å². The van der Waals surface area contributed by atoms with Crippen molar-refractivity contribution in [2.45, 2.75) is 13.8 Å². The lowest BCUT2D eigenvalue weighted by molar-refractivity contribution is 0.0526. The molecule has 5 heteroatoms. The Morgan fingerprint density at radius 1 is 1.09 bits per heavy atom. The molecule has 3 rings (SSSR count). The summed E-state index contributed by atoms with van der Waals surface area (Å²) in [6, 6.07) is 10.6. The first-order valence-corrected chi connectivity index (χ1v) is 7.29. The highest BCUT2D eigenvalue weighted by atomic mass is 16.5. The van der Waals surface area contributed by atoms with E-state index in [-0.39, 0.29) is 18.0 Å². The van der Waals surface area contributed by atoms with E-state index in [2.05, 4.69) is 0 Å². The zero-order valence-corrected chi connectivity index (χ0v) is 12.8. The van der Waals surface area contributed by atoms with E-state index >= 15 is 0 Å². The fourth-order valence-electron chi connectivity index (χ4n) is 2.66. The van der Waals surface area contributed by atoms with E-state index in [1.165, 1.54) is 17.5 Å². The summed E-state index contributed by atoms with van der Waals surface area (Å²) in [6.45, 7) is 3.30. The van der Waals surface area contributed by atoms with Crippen LogP contribution in [0.1, 0.15) is 34.6 Å². The van der Waals surface area contributed by atoms with Gasteiger partial charge >= 0.3 is 5.97 Å². The van der Waals surface area contributed by atoms with E-state index < -0.39 is 11.5 Å². The van der Waals surface area contributed by atoms with Gasteiger partial charge in [0.1, 0.15) is 5.56 Å². The summed E-state index contributed by atoms with van der Waals surface area (Å²) < 4.78 is 6.36. The maximum atomic E-state index is 12.8. The Morgan fingerprint density at radius 3 is 2.43 bits per heavy atom. The van der Waals surface area contributed by atoms with Gasteiger partial charge in [-0.3, -0.25) is 14.0 Å². The van der Waals surface area contributed by atoms with Crippen molar-refractivity contribution in [3.63, 3.8) is 0 Å². The average molecular weight is 309 g/mol. The van der Waals surface area contributed by atoms with Crippen LogP contribution in [0.25, 0.3) is 16.3 Å². The Labute approximate surface area is 132 Å². The Balaban J connectivity index is 2.49. The normalized spacial score (nSPS) is 10.9. The number of Topliss-reactive ketones (excluding diaryl/α,β-unsaturated/α-hetero) is 1. The minimum Gasteiger partial charge on any atom is -0.462 e. The molecule has 116 valence electrons. The van der Waals surface area contributed by atoms with Crippen molar-refractivity contribution < 1.29 is 14.3 Å². The van der Waals surface area contributed by atoms with Crippen molar-refractivity contribution >= 4 is 28.0 Å². The number of nitrogens with zero attached hydrogens (tertiary/aromatic N) is 1. The Morgan fingerprint density at radius 2 is 1.78 bits per heavy atom. The maximum absolute atomic E-state index is 12.8. The second-order valence-electron chi connectivity index (χ2n) is 5.18. The lowest BCUT2D eigenvalue weighted by Crippen LogP contribution is -2.24. The predicted octanol–water partition coefficient (Wildman–Crippen LogP) is 2.83. The van der Waals surface area contributed by atoms with E-state index in [1.54, 1.807) is 31.2 Å². The van der Waals surface area contributed by atoms with E-state index in [1.807, 2.05) is 12.1 Å². The molecule has 0 aliphatic rings. The van der Waals surface area contributed by atoms with Gasteiger partial charge in [0.25, 0.3) is 5.56 Å². The van der Waals surface area contributed by atoms with Crippen LogP contribution in [0.5, 0.6) is 0 Å². The van der Waals surface area contributed by atoms with Crippen LogP contribution < -0.4 is 5.56 Å². The molecule has 2 aromatic heterocycles. The van der Waals surface area contributed by atoms with Crippen molar-refractivity contribution in [3.8, 4) is 0 Å². The number of esters is 1. The highest BCUT2D eigenvalue weighted by molar-refractivity contribution is 6.09. The molecule has 0 aliphatic heterocycles. The van der Waals surface area contributed by atoms with Gasteiger partial charge in [0, 0.05) is 22.5 Å². The zero-order chi connectivity index (χ0) is 16.6. The standard InChI is InChI=1S/C18H15NO4/c1-3-23-18(22)16-14-7-5-4-6-13(14)15-9-8-12(11(2)20)10-19(15)17(16)21/h4-10H,3H2,1-2H3. The highest BCUT2D eigenvalue weighted by Crippen LogP contribution is 2.22. The maximum Gasteiger partial charge on any atom is 0.344 e. The van der Waals surface area contributed by atoms with Gasteiger partial charge in [-0.25, -0.2) is 4.79 Å².